The molecule has 0 spiro atoms. The van der Waals surface area contributed by atoms with Crippen LogP contribution in [0.5, 0.6) is 0 Å². The van der Waals surface area contributed by atoms with E-state index in [9.17, 15) is 0 Å². The number of ether oxygens (including phenoxy) is 1. The van der Waals surface area contributed by atoms with Crippen LogP contribution in [0.15, 0.2) is 24.3 Å². The maximum Gasteiger partial charge on any atom is 0.0589 e. The zero-order valence-corrected chi connectivity index (χ0v) is 10.6. The minimum absolute atomic E-state index is 0.401. The monoisotopic (exact) mass is 232 g/mol. The van der Waals surface area contributed by atoms with Gasteiger partial charge in [-0.05, 0) is 24.7 Å². The summed E-state index contributed by atoms with van der Waals surface area (Å²) in [6.45, 7) is 2.98. The van der Waals surface area contributed by atoms with Crippen molar-refractivity contribution in [2.45, 2.75) is 6.54 Å². The number of hydrogen-bond donors (Lipinski definition) is 1. The van der Waals surface area contributed by atoms with Gasteiger partial charge in [0.2, 0.25) is 0 Å². The zero-order valence-electron chi connectivity index (χ0n) is 10.6. The highest BCUT2D eigenvalue weighted by Crippen LogP contribution is 2.06. The van der Waals surface area contributed by atoms with Gasteiger partial charge in [0.1, 0.15) is 0 Å². The summed E-state index contributed by atoms with van der Waals surface area (Å²) in [6, 6.07) is 8.24. The second kappa shape index (κ2) is 7.86. The fourth-order valence-corrected chi connectivity index (χ4v) is 1.54. The second-order valence-corrected chi connectivity index (χ2v) is 3.94. The number of nitrogens with zero attached hydrogens (tertiary/aromatic N) is 1. The van der Waals surface area contributed by atoms with Crippen molar-refractivity contribution in [3.63, 3.8) is 0 Å². The Kier molecular flexibility index (Phi) is 6.34. The SMILES string of the molecule is COCCN(C)Cc1cccc(C#CCN)c1. The highest BCUT2D eigenvalue weighted by molar-refractivity contribution is 5.37. The molecular weight excluding hydrogens is 212 g/mol. The minimum Gasteiger partial charge on any atom is -0.383 e. The van der Waals surface area contributed by atoms with Crippen LogP contribution in [0, 0.1) is 11.8 Å². The van der Waals surface area contributed by atoms with Crippen LogP contribution in [0.25, 0.3) is 0 Å². The number of hydrogen-bond acceptors (Lipinski definition) is 3. The fraction of sp³-hybridized carbons (Fsp3) is 0.429. The van der Waals surface area contributed by atoms with Gasteiger partial charge in [0.25, 0.3) is 0 Å². The largest absolute Gasteiger partial charge is 0.383 e. The number of rotatable bonds is 5. The van der Waals surface area contributed by atoms with Gasteiger partial charge in [-0.3, -0.25) is 4.90 Å². The third-order valence-electron chi connectivity index (χ3n) is 2.39. The van der Waals surface area contributed by atoms with Gasteiger partial charge in [-0.1, -0.05) is 24.0 Å². The normalized spacial score (nSPS) is 10.1. The number of methoxy groups -OCH3 is 1. The van der Waals surface area contributed by atoms with Crippen molar-refractivity contribution in [2.75, 3.05) is 33.9 Å². The molecule has 2 N–H and O–H groups in total. The highest BCUT2D eigenvalue weighted by Gasteiger charge is 2.00. The predicted molar refractivity (Wildman–Crippen MR) is 70.6 cm³/mol. The first-order valence-electron chi connectivity index (χ1n) is 5.71. The maximum absolute atomic E-state index is 5.35. The summed E-state index contributed by atoms with van der Waals surface area (Å²) < 4.78 is 5.05. The summed E-state index contributed by atoms with van der Waals surface area (Å²) in [5, 5.41) is 0. The van der Waals surface area contributed by atoms with E-state index in [1.54, 1.807) is 7.11 Å². The smallest absolute Gasteiger partial charge is 0.0589 e. The van der Waals surface area contributed by atoms with Gasteiger partial charge in [-0.25, -0.2) is 0 Å². The molecule has 17 heavy (non-hydrogen) atoms. The van der Waals surface area contributed by atoms with Crippen LogP contribution in [0.4, 0.5) is 0 Å². The topological polar surface area (TPSA) is 38.5 Å². The van der Waals surface area contributed by atoms with Crippen molar-refractivity contribution in [3.05, 3.63) is 35.4 Å². The van der Waals surface area contributed by atoms with Gasteiger partial charge in [0.05, 0.1) is 13.2 Å². The average molecular weight is 232 g/mol. The van der Waals surface area contributed by atoms with Gasteiger partial charge < -0.3 is 10.5 Å². The average Bonchev–Trinajstić information content (AvgIpc) is 2.34. The molecule has 0 radical (unpaired) electrons. The summed E-state index contributed by atoms with van der Waals surface area (Å²) in [6.07, 6.45) is 0. The number of benzene rings is 1. The van der Waals surface area contributed by atoms with Gasteiger partial charge >= 0.3 is 0 Å². The lowest BCUT2D eigenvalue weighted by atomic mass is 10.1. The summed E-state index contributed by atoms with van der Waals surface area (Å²) in [7, 11) is 3.80. The molecule has 0 fully saturated rings. The Labute approximate surface area is 104 Å². The highest BCUT2D eigenvalue weighted by atomic mass is 16.5. The third-order valence-corrected chi connectivity index (χ3v) is 2.39. The Morgan fingerprint density at radius 2 is 2.24 bits per heavy atom. The van der Waals surface area contributed by atoms with Crippen LogP contribution < -0.4 is 5.73 Å². The number of likely N-dealkylation sites (N-methyl/N-ethyl adjacent to an activating group) is 1. The summed E-state index contributed by atoms with van der Waals surface area (Å²) in [5.74, 6) is 5.91. The Morgan fingerprint density at radius 3 is 2.94 bits per heavy atom. The predicted octanol–water partition coefficient (Wildman–Crippen LogP) is 1.08. The van der Waals surface area contributed by atoms with Crippen LogP contribution >= 0.6 is 0 Å². The van der Waals surface area contributed by atoms with Crippen LogP contribution in [0.1, 0.15) is 11.1 Å². The molecule has 0 aliphatic heterocycles. The molecule has 3 heteroatoms. The van der Waals surface area contributed by atoms with Crippen LogP contribution in [-0.4, -0.2) is 38.8 Å². The van der Waals surface area contributed by atoms with Gasteiger partial charge in [-0.15, -0.1) is 0 Å². The standard InChI is InChI=1S/C14H20N2O/c1-16(9-10-17-2)12-14-6-3-5-13(11-14)7-4-8-15/h3,5-6,11H,8-10,12,15H2,1-2H3. The summed E-state index contributed by atoms with van der Waals surface area (Å²) in [4.78, 5) is 2.22. The van der Waals surface area contributed by atoms with E-state index in [0.717, 1.165) is 25.3 Å². The first kappa shape index (κ1) is 13.7. The lowest BCUT2D eigenvalue weighted by Gasteiger charge is -2.16. The fourth-order valence-electron chi connectivity index (χ4n) is 1.54. The molecule has 0 aromatic heterocycles. The minimum atomic E-state index is 0.401. The Balaban J connectivity index is 2.59. The van der Waals surface area contributed by atoms with Crippen LogP contribution in [0.2, 0.25) is 0 Å². The Hall–Kier alpha value is -1.34. The quantitative estimate of drug-likeness (QED) is 0.772. The first-order chi connectivity index (χ1) is 8.26. The van der Waals surface area contributed by atoms with E-state index in [0.29, 0.717) is 6.54 Å². The van der Waals surface area contributed by atoms with Crippen molar-refractivity contribution < 1.29 is 4.74 Å². The molecule has 1 aromatic rings. The second-order valence-electron chi connectivity index (χ2n) is 3.94. The van der Waals surface area contributed by atoms with Crippen molar-refractivity contribution in [2.24, 2.45) is 5.73 Å². The molecule has 0 atom stereocenters. The van der Waals surface area contributed by atoms with E-state index in [4.69, 9.17) is 10.5 Å². The molecule has 0 bridgehead atoms. The van der Waals surface area contributed by atoms with E-state index in [-0.39, 0.29) is 0 Å². The van der Waals surface area contributed by atoms with E-state index in [1.807, 2.05) is 12.1 Å². The molecule has 0 unspecified atom stereocenters. The first-order valence-corrected chi connectivity index (χ1v) is 5.71. The molecule has 3 nitrogen and oxygen atoms in total. The molecule has 0 amide bonds. The van der Waals surface area contributed by atoms with Crippen LogP contribution in [-0.2, 0) is 11.3 Å². The van der Waals surface area contributed by atoms with E-state index in [2.05, 4.69) is 35.9 Å². The number of nitrogens with two attached hydrogens (primary N) is 1. The molecule has 1 rings (SSSR count). The zero-order chi connectivity index (χ0) is 12.5. The molecule has 0 aliphatic carbocycles. The Bertz CT molecular complexity index is 393. The van der Waals surface area contributed by atoms with Crippen molar-refractivity contribution in [1.82, 2.24) is 4.90 Å². The van der Waals surface area contributed by atoms with Crippen molar-refractivity contribution in [3.8, 4) is 11.8 Å². The van der Waals surface area contributed by atoms with E-state index < -0.39 is 0 Å². The van der Waals surface area contributed by atoms with Gasteiger partial charge in [0.15, 0.2) is 0 Å². The van der Waals surface area contributed by atoms with Crippen molar-refractivity contribution >= 4 is 0 Å². The Morgan fingerprint density at radius 1 is 1.41 bits per heavy atom. The molecule has 92 valence electrons. The molecule has 0 aliphatic rings. The van der Waals surface area contributed by atoms with Gasteiger partial charge in [-0.2, -0.15) is 0 Å². The van der Waals surface area contributed by atoms with E-state index >= 15 is 0 Å². The summed E-state index contributed by atoms with van der Waals surface area (Å²) >= 11 is 0. The lowest BCUT2D eigenvalue weighted by Crippen LogP contribution is -2.22. The molecular formula is C14H20N2O. The maximum atomic E-state index is 5.35. The molecule has 0 heterocycles. The van der Waals surface area contributed by atoms with E-state index in [1.165, 1.54) is 5.56 Å². The van der Waals surface area contributed by atoms with Crippen molar-refractivity contribution in [1.29, 1.82) is 0 Å². The summed E-state index contributed by atoms with van der Waals surface area (Å²) in [5.41, 5.74) is 7.63. The lowest BCUT2D eigenvalue weighted by molar-refractivity contribution is 0.158. The molecule has 0 saturated heterocycles. The van der Waals surface area contributed by atoms with Gasteiger partial charge in [0, 0.05) is 25.8 Å². The third kappa shape index (κ3) is 5.50. The molecule has 1 aromatic carbocycles. The molecule has 0 saturated carbocycles. The van der Waals surface area contributed by atoms with Crippen LogP contribution in [0.3, 0.4) is 0 Å².